The Morgan fingerprint density at radius 3 is 1.95 bits per heavy atom. The van der Waals surface area contributed by atoms with Gasteiger partial charge in [0.2, 0.25) is 0 Å². The van der Waals surface area contributed by atoms with Crippen LogP contribution in [0.15, 0.2) is 36.4 Å². The first kappa shape index (κ1) is 18.6. The Hall–Kier alpha value is -2.43. The van der Waals surface area contributed by atoms with E-state index < -0.39 is 11.9 Å². The summed E-state index contributed by atoms with van der Waals surface area (Å²) in [5, 5.41) is 0. The third kappa shape index (κ3) is 11.1. The van der Waals surface area contributed by atoms with E-state index in [-0.39, 0.29) is 19.6 Å². The number of carbonyl (C=O) groups is 3. The van der Waals surface area contributed by atoms with Crippen LogP contribution in [0.5, 0.6) is 0 Å². The van der Waals surface area contributed by atoms with Crippen LogP contribution in [-0.4, -0.2) is 31.4 Å². The highest BCUT2D eigenvalue weighted by molar-refractivity contribution is 5.91. The minimum absolute atomic E-state index is 0.290. The summed E-state index contributed by atoms with van der Waals surface area (Å²) in [6.45, 7) is 3.95. The molecule has 0 aliphatic rings. The summed E-state index contributed by atoms with van der Waals surface area (Å²) in [5.74, 6) is -1.07. The molecule has 0 aromatic heterocycles. The van der Waals surface area contributed by atoms with Gasteiger partial charge in [-0.2, -0.15) is 0 Å². The van der Waals surface area contributed by atoms with Crippen LogP contribution in [-0.2, 0) is 23.9 Å². The molecule has 5 heteroatoms. The molecule has 1 aromatic carbocycles. The summed E-state index contributed by atoms with van der Waals surface area (Å²) in [6, 6.07) is 9.70. The Morgan fingerprint density at radius 2 is 1.52 bits per heavy atom. The largest absolute Gasteiger partial charge is 0.466 e. The van der Waals surface area contributed by atoms with Crippen LogP contribution in [0.2, 0.25) is 0 Å². The lowest BCUT2D eigenvalue weighted by Gasteiger charge is -2.00. The quantitative estimate of drug-likeness (QED) is 0.348. The normalized spacial score (nSPS) is 9.43. The van der Waals surface area contributed by atoms with Crippen molar-refractivity contribution in [3.05, 3.63) is 42.0 Å². The lowest BCUT2D eigenvalue weighted by atomic mass is 10.2. The second kappa shape index (κ2) is 12.6. The topological polar surface area (TPSA) is 69.7 Å². The Kier molecular flexibility index (Phi) is 11.1. The minimum atomic E-state index is -0.536. The molecule has 0 radical (unpaired) electrons. The predicted octanol–water partition coefficient (Wildman–Crippen LogP) is 2.40. The highest BCUT2D eigenvalue weighted by Crippen LogP contribution is 1.99. The molecule has 0 fully saturated rings. The van der Waals surface area contributed by atoms with Crippen molar-refractivity contribution in [1.29, 1.82) is 0 Å². The van der Waals surface area contributed by atoms with Crippen LogP contribution in [0.25, 0.3) is 6.08 Å². The van der Waals surface area contributed by atoms with Crippen molar-refractivity contribution in [1.82, 2.24) is 0 Å². The maximum Gasteiger partial charge on any atom is 0.317 e. The van der Waals surface area contributed by atoms with E-state index in [0.29, 0.717) is 0 Å². The van der Waals surface area contributed by atoms with Gasteiger partial charge in [-0.3, -0.25) is 14.4 Å². The smallest absolute Gasteiger partial charge is 0.317 e. The monoisotopic (exact) mass is 292 g/mol. The van der Waals surface area contributed by atoms with Crippen LogP contribution in [0.1, 0.15) is 25.8 Å². The van der Waals surface area contributed by atoms with Gasteiger partial charge in [-0.1, -0.05) is 36.4 Å². The zero-order valence-corrected chi connectivity index (χ0v) is 12.3. The molecular weight excluding hydrogens is 272 g/mol. The van der Waals surface area contributed by atoms with Gasteiger partial charge in [-0.15, -0.1) is 0 Å². The van der Waals surface area contributed by atoms with E-state index in [4.69, 9.17) is 0 Å². The van der Waals surface area contributed by atoms with Crippen molar-refractivity contribution in [2.45, 2.75) is 20.3 Å². The zero-order chi connectivity index (χ0) is 15.9. The number of allylic oxidation sites excluding steroid dienone is 1. The van der Waals surface area contributed by atoms with E-state index in [1.165, 1.54) is 6.08 Å². The summed E-state index contributed by atoms with van der Waals surface area (Å²) in [6.07, 6.45) is 3.73. The van der Waals surface area contributed by atoms with Gasteiger partial charge in [0, 0.05) is 0 Å². The average Bonchev–Trinajstić information content (AvgIpc) is 2.47. The molecule has 1 rings (SSSR count). The number of rotatable bonds is 6. The van der Waals surface area contributed by atoms with E-state index >= 15 is 0 Å². The summed E-state index contributed by atoms with van der Waals surface area (Å²) in [4.78, 5) is 31.1. The number of carbonyl (C=O) groups excluding carboxylic acids is 3. The first-order valence-corrected chi connectivity index (χ1v) is 6.62. The minimum Gasteiger partial charge on any atom is -0.466 e. The highest BCUT2D eigenvalue weighted by Gasteiger charge is 2.09. The van der Waals surface area contributed by atoms with Gasteiger partial charge in [-0.05, 0) is 25.5 Å². The Morgan fingerprint density at radius 1 is 1.00 bits per heavy atom. The van der Waals surface area contributed by atoms with E-state index in [2.05, 4.69) is 9.47 Å². The number of hydrogen-bond acceptors (Lipinski definition) is 5. The molecule has 114 valence electrons. The van der Waals surface area contributed by atoms with Crippen molar-refractivity contribution in [3.63, 3.8) is 0 Å². The lowest BCUT2D eigenvalue weighted by molar-refractivity contribution is -0.153. The SMILES string of the molecule is CCOC(=O)CC(=O)OCC.O=C/C=C\c1ccccc1. The molecule has 0 spiro atoms. The van der Waals surface area contributed by atoms with Crippen LogP contribution in [0.3, 0.4) is 0 Å². The van der Waals surface area contributed by atoms with Crippen molar-refractivity contribution >= 4 is 24.3 Å². The van der Waals surface area contributed by atoms with Gasteiger partial charge in [0.1, 0.15) is 12.7 Å². The number of ether oxygens (including phenoxy) is 2. The molecule has 0 aliphatic heterocycles. The van der Waals surface area contributed by atoms with Crippen molar-refractivity contribution in [3.8, 4) is 0 Å². The van der Waals surface area contributed by atoms with Crippen LogP contribution in [0, 0.1) is 0 Å². The molecule has 0 aliphatic carbocycles. The van der Waals surface area contributed by atoms with E-state index in [1.807, 2.05) is 30.3 Å². The van der Waals surface area contributed by atoms with Crippen molar-refractivity contribution in [2.75, 3.05) is 13.2 Å². The molecule has 0 atom stereocenters. The highest BCUT2D eigenvalue weighted by atomic mass is 16.5. The van der Waals surface area contributed by atoms with Gasteiger partial charge in [-0.25, -0.2) is 0 Å². The van der Waals surface area contributed by atoms with E-state index in [1.54, 1.807) is 19.9 Å². The second-order valence-corrected chi connectivity index (χ2v) is 3.69. The van der Waals surface area contributed by atoms with Gasteiger partial charge in [0.05, 0.1) is 13.2 Å². The molecule has 0 bridgehead atoms. The standard InChI is InChI=1S/C9H8O.C7H12O4/c10-8-4-7-9-5-2-1-3-6-9;1-3-10-6(8)5-7(9)11-4-2/h1-8H;3-5H2,1-2H3/b7-4-;. The molecule has 0 saturated heterocycles. The van der Waals surface area contributed by atoms with Gasteiger partial charge in [0.15, 0.2) is 0 Å². The molecule has 1 aromatic rings. The average molecular weight is 292 g/mol. The van der Waals surface area contributed by atoms with E-state index in [0.717, 1.165) is 11.8 Å². The maximum absolute atomic E-state index is 10.6. The molecule has 0 unspecified atom stereocenters. The van der Waals surface area contributed by atoms with Gasteiger partial charge >= 0.3 is 11.9 Å². The Bertz CT molecular complexity index is 435. The Labute approximate surface area is 124 Å². The van der Waals surface area contributed by atoms with Gasteiger partial charge in [0.25, 0.3) is 0 Å². The second-order valence-electron chi connectivity index (χ2n) is 3.69. The van der Waals surface area contributed by atoms with Crippen molar-refractivity contribution < 1.29 is 23.9 Å². The maximum atomic E-state index is 10.6. The number of benzene rings is 1. The molecular formula is C16H20O5. The van der Waals surface area contributed by atoms with Crippen molar-refractivity contribution in [2.24, 2.45) is 0 Å². The predicted molar refractivity (Wildman–Crippen MR) is 79.4 cm³/mol. The fraction of sp³-hybridized carbons (Fsp3) is 0.312. The van der Waals surface area contributed by atoms with E-state index in [9.17, 15) is 14.4 Å². The molecule has 0 N–H and O–H groups in total. The Balaban J connectivity index is 0.000000382. The zero-order valence-electron chi connectivity index (χ0n) is 12.3. The summed E-state index contributed by atoms with van der Waals surface area (Å²) in [5.41, 5.74) is 1.05. The summed E-state index contributed by atoms with van der Waals surface area (Å²) < 4.78 is 9.04. The molecule has 0 amide bonds. The molecule has 21 heavy (non-hydrogen) atoms. The first-order chi connectivity index (χ1) is 10.1. The molecule has 0 saturated carbocycles. The number of esters is 2. The van der Waals surface area contributed by atoms with Crippen LogP contribution < -0.4 is 0 Å². The number of hydrogen-bond donors (Lipinski definition) is 0. The van der Waals surface area contributed by atoms with Gasteiger partial charge < -0.3 is 9.47 Å². The third-order valence-electron chi connectivity index (χ3n) is 2.07. The molecule has 5 nitrogen and oxygen atoms in total. The summed E-state index contributed by atoms with van der Waals surface area (Å²) in [7, 11) is 0. The third-order valence-corrected chi connectivity index (χ3v) is 2.07. The first-order valence-electron chi connectivity index (χ1n) is 6.62. The lowest BCUT2D eigenvalue weighted by Crippen LogP contribution is -2.13. The number of aldehydes is 1. The summed E-state index contributed by atoms with van der Waals surface area (Å²) >= 11 is 0. The fourth-order valence-electron chi connectivity index (χ4n) is 1.26. The molecule has 0 heterocycles. The van der Waals surface area contributed by atoms with Crippen LogP contribution >= 0.6 is 0 Å². The van der Waals surface area contributed by atoms with Crippen LogP contribution in [0.4, 0.5) is 0 Å². The fourth-order valence-corrected chi connectivity index (χ4v) is 1.26.